The Labute approximate surface area is 108 Å². The summed E-state index contributed by atoms with van der Waals surface area (Å²) in [5.41, 5.74) is 0.601. The molecule has 1 atom stereocenters. The van der Waals surface area contributed by atoms with Crippen LogP contribution in [-0.4, -0.2) is 34.4 Å². The van der Waals surface area contributed by atoms with Crippen LogP contribution < -0.4 is 5.32 Å². The summed E-state index contributed by atoms with van der Waals surface area (Å²) in [4.78, 5) is 11.9. The van der Waals surface area contributed by atoms with Crippen molar-refractivity contribution in [1.29, 1.82) is 0 Å². The fourth-order valence-corrected chi connectivity index (χ4v) is 2.24. The number of aromatic nitrogens is 2. The zero-order valence-electron chi connectivity index (χ0n) is 11.1. The third-order valence-corrected chi connectivity index (χ3v) is 3.39. The van der Waals surface area contributed by atoms with Crippen LogP contribution in [0.3, 0.4) is 0 Å². The molecule has 0 bridgehead atoms. The molecule has 100 valence electrons. The third kappa shape index (κ3) is 3.10. The van der Waals surface area contributed by atoms with Crippen molar-refractivity contribution in [2.24, 2.45) is 7.05 Å². The molecule has 0 aliphatic carbocycles. The molecule has 0 spiro atoms. The van der Waals surface area contributed by atoms with Crippen molar-refractivity contribution in [3.8, 4) is 0 Å². The first kappa shape index (κ1) is 13.1. The van der Waals surface area contributed by atoms with Crippen LogP contribution in [0.25, 0.3) is 0 Å². The van der Waals surface area contributed by atoms with Gasteiger partial charge in [-0.1, -0.05) is 0 Å². The van der Waals surface area contributed by atoms with E-state index in [1.165, 1.54) is 5.56 Å². The first-order valence-electron chi connectivity index (χ1n) is 6.50. The van der Waals surface area contributed by atoms with E-state index < -0.39 is 5.60 Å². The van der Waals surface area contributed by atoms with Gasteiger partial charge in [-0.25, -0.2) is 0 Å². The Morgan fingerprint density at radius 1 is 1.67 bits per heavy atom. The second kappa shape index (κ2) is 5.52. The van der Waals surface area contributed by atoms with Crippen molar-refractivity contribution in [1.82, 2.24) is 15.1 Å². The van der Waals surface area contributed by atoms with Crippen molar-refractivity contribution in [3.63, 3.8) is 0 Å². The Balaban J connectivity index is 1.67. The lowest BCUT2D eigenvalue weighted by molar-refractivity contribution is -0.139. The number of ether oxygens (including phenoxy) is 1. The maximum absolute atomic E-state index is 11.9. The van der Waals surface area contributed by atoms with Gasteiger partial charge in [0, 0.05) is 26.4 Å². The van der Waals surface area contributed by atoms with E-state index >= 15 is 0 Å². The molecule has 2 rings (SSSR count). The molecule has 0 unspecified atom stereocenters. The Morgan fingerprint density at radius 2 is 2.50 bits per heavy atom. The molecule has 0 aromatic carbocycles. The van der Waals surface area contributed by atoms with Crippen LogP contribution in [0.1, 0.15) is 31.7 Å². The molecule has 5 heteroatoms. The second-order valence-electron chi connectivity index (χ2n) is 5.06. The van der Waals surface area contributed by atoms with Crippen LogP contribution in [-0.2, 0) is 23.0 Å². The Morgan fingerprint density at radius 3 is 3.11 bits per heavy atom. The van der Waals surface area contributed by atoms with Crippen molar-refractivity contribution < 1.29 is 9.53 Å². The number of aryl methyl sites for hydroxylation is 2. The van der Waals surface area contributed by atoms with Crippen LogP contribution in [0.5, 0.6) is 0 Å². The number of carbonyl (C=O) groups excluding carboxylic acids is 1. The summed E-state index contributed by atoms with van der Waals surface area (Å²) >= 11 is 0. The Kier molecular flexibility index (Phi) is 4.01. The number of hydrogen-bond donors (Lipinski definition) is 1. The summed E-state index contributed by atoms with van der Waals surface area (Å²) in [7, 11) is 1.91. The van der Waals surface area contributed by atoms with E-state index in [4.69, 9.17) is 4.74 Å². The number of amides is 1. The maximum atomic E-state index is 11.9. The predicted molar refractivity (Wildman–Crippen MR) is 68.1 cm³/mol. The van der Waals surface area contributed by atoms with Gasteiger partial charge in [0.25, 0.3) is 5.91 Å². The van der Waals surface area contributed by atoms with Gasteiger partial charge in [0.2, 0.25) is 0 Å². The summed E-state index contributed by atoms with van der Waals surface area (Å²) < 4.78 is 7.29. The Hall–Kier alpha value is -1.36. The van der Waals surface area contributed by atoms with Crippen LogP contribution in [0.4, 0.5) is 0 Å². The largest absolute Gasteiger partial charge is 0.365 e. The highest BCUT2D eigenvalue weighted by atomic mass is 16.5. The van der Waals surface area contributed by atoms with Gasteiger partial charge in [0.15, 0.2) is 0 Å². The molecule has 1 aromatic heterocycles. The number of rotatable bonds is 5. The fourth-order valence-electron chi connectivity index (χ4n) is 2.24. The fraction of sp³-hybridized carbons (Fsp3) is 0.692. The highest BCUT2D eigenvalue weighted by Gasteiger charge is 2.37. The van der Waals surface area contributed by atoms with E-state index in [1.54, 1.807) is 4.68 Å². The molecule has 5 nitrogen and oxygen atoms in total. The first-order chi connectivity index (χ1) is 8.60. The average Bonchev–Trinajstić information content (AvgIpc) is 2.94. The highest BCUT2D eigenvalue weighted by Crippen LogP contribution is 2.24. The monoisotopic (exact) mass is 251 g/mol. The molecular formula is C13H21N3O2. The molecule has 1 amide bonds. The molecule has 1 aromatic rings. The molecule has 18 heavy (non-hydrogen) atoms. The molecule has 2 heterocycles. The number of nitrogens with zero attached hydrogens (tertiary/aromatic N) is 2. The SMILES string of the molecule is Cn1cc(CCCNC(=O)[C@@]2(C)CCCO2)cn1. The van der Waals surface area contributed by atoms with Gasteiger partial charge >= 0.3 is 0 Å². The van der Waals surface area contributed by atoms with Crippen LogP contribution in [0.2, 0.25) is 0 Å². The lowest BCUT2D eigenvalue weighted by Crippen LogP contribution is -2.44. The molecule has 0 saturated carbocycles. The minimum atomic E-state index is -0.603. The van der Waals surface area contributed by atoms with E-state index in [0.717, 1.165) is 25.7 Å². The minimum absolute atomic E-state index is 0.0196. The van der Waals surface area contributed by atoms with E-state index in [2.05, 4.69) is 10.4 Å². The van der Waals surface area contributed by atoms with Gasteiger partial charge in [0.1, 0.15) is 5.60 Å². The molecule has 1 aliphatic rings. The number of hydrogen-bond acceptors (Lipinski definition) is 3. The lowest BCUT2D eigenvalue weighted by atomic mass is 10.0. The number of carbonyl (C=O) groups is 1. The molecule has 1 fully saturated rings. The third-order valence-electron chi connectivity index (χ3n) is 3.39. The average molecular weight is 251 g/mol. The molecule has 1 saturated heterocycles. The lowest BCUT2D eigenvalue weighted by Gasteiger charge is -2.21. The summed E-state index contributed by atoms with van der Waals surface area (Å²) in [6.07, 6.45) is 7.52. The van der Waals surface area contributed by atoms with Crippen LogP contribution in [0, 0.1) is 0 Å². The summed E-state index contributed by atoms with van der Waals surface area (Å²) in [5, 5.41) is 7.06. The first-order valence-corrected chi connectivity index (χ1v) is 6.50. The second-order valence-corrected chi connectivity index (χ2v) is 5.06. The van der Waals surface area contributed by atoms with E-state index in [9.17, 15) is 4.79 Å². The standard InChI is InChI=1S/C13H21N3O2/c1-13(6-4-8-18-13)12(17)14-7-3-5-11-9-15-16(2)10-11/h9-10H,3-8H2,1-2H3,(H,14,17)/t13-/m1/s1. The van der Waals surface area contributed by atoms with Crippen LogP contribution >= 0.6 is 0 Å². The predicted octanol–water partition coefficient (Wildman–Crippen LogP) is 1.04. The quantitative estimate of drug-likeness (QED) is 0.795. The van der Waals surface area contributed by atoms with Crippen molar-refractivity contribution in [3.05, 3.63) is 18.0 Å². The summed E-state index contributed by atoms with van der Waals surface area (Å²) in [6, 6.07) is 0. The van der Waals surface area contributed by atoms with Crippen molar-refractivity contribution >= 4 is 5.91 Å². The van der Waals surface area contributed by atoms with Crippen molar-refractivity contribution in [2.45, 2.75) is 38.2 Å². The van der Waals surface area contributed by atoms with Crippen LogP contribution in [0.15, 0.2) is 12.4 Å². The van der Waals surface area contributed by atoms with E-state index in [-0.39, 0.29) is 5.91 Å². The zero-order valence-corrected chi connectivity index (χ0v) is 11.1. The molecule has 1 N–H and O–H groups in total. The van der Waals surface area contributed by atoms with Crippen molar-refractivity contribution in [2.75, 3.05) is 13.2 Å². The minimum Gasteiger partial charge on any atom is -0.365 e. The zero-order chi connectivity index (χ0) is 13.0. The maximum Gasteiger partial charge on any atom is 0.251 e. The van der Waals surface area contributed by atoms with Gasteiger partial charge in [-0.05, 0) is 38.2 Å². The van der Waals surface area contributed by atoms with Gasteiger partial charge in [-0.15, -0.1) is 0 Å². The normalized spacial score (nSPS) is 23.2. The summed E-state index contributed by atoms with van der Waals surface area (Å²) in [6.45, 7) is 3.25. The Bertz CT molecular complexity index is 408. The van der Waals surface area contributed by atoms with E-state index in [1.807, 2.05) is 26.4 Å². The number of nitrogens with one attached hydrogen (secondary N) is 1. The molecule has 0 radical (unpaired) electrons. The van der Waals surface area contributed by atoms with Gasteiger partial charge < -0.3 is 10.1 Å². The topological polar surface area (TPSA) is 56.2 Å². The smallest absolute Gasteiger partial charge is 0.251 e. The van der Waals surface area contributed by atoms with Gasteiger partial charge in [-0.2, -0.15) is 5.10 Å². The summed E-state index contributed by atoms with van der Waals surface area (Å²) in [5.74, 6) is 0.0196. The van der Waals surface area contributed by atoms with Gasteiger partial charge in [0.05, 0.1) is 6.20 Å². The van der Waals surface area contributed by atoms with Gasteiger partial charge in [-0.3, -0.25) is 9.48 Å². The highest BCUT2D eigenvalue weighted by molar-refractivity contribution is 5.84. The molecular weight excluding hydrogens is 230 g/mol. The molecule has 1 aliphatic heterocycles. The van der Waals surface area contributed by atoms with E-state index in [0.29, 0.717) is 13.2 Å².